The molecule has 0 radical (unpaired) electrons. The summed E-state index contributed by atoms with van der Waals surface area (Å²) in [5.41, 5.74) is 2.84. The second-order valence-electron chi connectivity index (χ2n) is 5.34. The minimum Gasteiger partial charge on any atom is -0.418 e. The molecular formula is C14H20OSi. The van der Waals surface area contributed by atoms with E-state index in [0.29, 0.717) is 5.92 Å². The molecule has 1 aromatic carbocycles. The van der Waals surface area contributed by atoms with Crippen molar-refractivity contribution in [3.8, 4) is 0 Å². The lowest BCUT2D eigenvalue weighted by Gasteiger charge is -2.19. The van der Waals surface area contributed by atoms with Gasteiger partial charge < -0.3 is 4.43 Å². The van der Waals surface area contributed by atoms with Gasteiger partial charge in [-0.1, -0.05) is 36.4 Å². The van der Waals surface area contributed by atoms with Gasteiger partial charge in [-0.15, -0.1) is 0 Å². The normalized spacial score (nSPS) is 18.8. The second kappa shape index (κ2) is 4.56. The van der Waals surface area contributed by atoms with E-state index >= 15 is 0 Å². The molecule has 0 bridgehead atoms. The predicted molar refractivity (Wildman–Crippen MR) is 72.1 cm³/mol. The van der Waals surface area contributed by atoms with Gasteiger partial charge >= 0.3 is 0 Å². The van der Waals surface area contributed by atoms with Crippen LogP contribution in [-0.4, -0.2) is 14.9 Å². The molecule has 0 N–H and O–H groups in total. The topological polar surface area (TPSA) is 9.23 Å². The minimum absolute atomic E-state index is 0.563. The number of fused-ring (bicyclic) bond motifs is 1. The van der Waals surface area contributed by atoms with Crippen LogP contribution < -0.4 is 0 Å². The van der Waals surface area contributed by atoms with Crippen molar-refractivity contribution in [2.45, 2.75) is 32.0 Å². The first-order chi connectivity index (χ1) is 7.56. The van der Waals surface area contributed by atoms with Crippen molar-refractivity contribution in [2.75, 3.05) is 6.61 Å². The van der Waals surface area contributed by atoms with Crippen molar-refractivity contribution < 1.29 is 4.43 Å². The third-order valence-corrected chi connectivity index (χ3v) is 3.94. The average Bonchev–Trinajstić information content (AvgIpc) is 2.60. The van der Waals surface area contributed by atoms with Crippen LogP contribution in [0.4, 0.5) is 0 Å². The number of allylic oxidation sites excluding steroid dienone is 1. The molecule has 0 saturated carbocycles. The van der Waals surface area contributed by atoms with Crippen LogP contribution in [0.2, 0.25) is 19.6 Å². The Kier molecular flexibility index (Phi) is 3.31. The quantitative estimate of drug-likeness (QED) is 0.712. The van der Waals surface area contributed by atoms with Gasteiger partial charge in [-0.05, 0) is 37.2 Å². The second-order valence-corrected chi connectivity index (χ2v) is 9.86. The highest BCUT2D eigenvalue weighted by Crippen LogP contribution is 2.32. The van der Waals surface area contributed by atoms with E-state index in [2.05, 4.69) is 56.1 Å². The van der Waals surface area contributed by atoms with E-state index in [-0.39, 0.29) is 0 Å². The van der Waals surface area contributed by atoms with Crippen molar-refractivity contribution in [1.82, 2.24) is 0 Å². The smallest absolute Gasteiger partial charge is 0.183 e. The zero-order valence-corrected chi connectivity index (χ0v) is 11.4. The summed E-state index contributed by atoms with van der Waals surface area (Å²) in [5, 5.41) is 0. The fraction of sp³-hybridized carbons (Fsp3) is 0.429. The van der Waals surface area contributed by atoms with Gasteiger partial charge in [0.15, 0.2) is 8.32 Å². The van der Waals surface area contributed by atoms with E-state index in [0.717, 1.165) is 13.0 Å². The molecule has 2 heteroatoms. The van der Waals surface area contributed by atoms with Gasteiger partial charge in [0.25, 0.3) is 0 Å². The van der Waals surface area contributed by atoms with Crippen molar-refractivity contribution in [2.24, 2.45) is 0 Å². The van der Waals surface area contributed by atoms with Crippen LogP contribution in [0.5, 0.6) is 0 Å². The third-order valence-electron chi connectivity index (χ3n) is 2.87. The zero-order chi connectivity index (χ0) is 11.6. The van der Waals surface area contributed by atoms with E-state index in [4.69, 9.17) is 4.43 Å². The Balaban J connectivity index is 1.92. The molecule has 0 aliphatic heterocycles. The molecular weight excluding hydrogens is 212 g/mol. The summed E-state index contributed by atoms with van der Waals surface area (Å²) in [6, 6.07) is 8.64. The highest BCUT2D eigenvalue weighted by molar-refractivity contribution is 6.69. The maximum atomic E-state index is 5.91. The fourth-order valence-electron chi connectivity index (χ4n) is 2.07. The Morgan fingerprint density at radius 1 is 1.19 bits per heavy atom. The van der Waals surface area contributed by atoms with Crippen molar-refractivity contribution in [3.05, 3.63) is 41.5 Å². The standard InChI is InChI=1S/C14H20OSi/c1-16(2,3)15-11-10-13-9-8-12-6-4-5-7-14(12)13/h4-9,13H,10-11H2,1-3H3. The summed E-state index contributed by atoms with van der Waals surface area (Å²) in [6.45, 7) is 7.61. The van der Waals surface area contributed by atoms with Crippen molar-refractivity contribution in [1.29, 1.82) is 0 Å². The van der Waals surface area contributed by atoms with Crippen LogP contribution >= 0.6 is 0 Å². The number of hydrogen-bond acceptors (Lipinski definition) is 1. The Morgan fingerprint density at radius 3 is 2.69 bits per heavy atom. The Labute approximate surface area is 99.3 Å². The van der Waals surface area contributed by atoms with Gasteiger partial charge in [0.2, 0.25) is 0 Å². The third kappa shape index (κ3) is 2.83. The van der Waals surface area contributed by atoms with Crippen LogP contribution in [0.1, 0.15) is 23.5 Å². The van der Waals surface area contributed by atoms with Crippen LogP contribution in [0.3, 0.4) is 0 Å². The Morgan fingerprint density at radius 2 is 1.94 bits per heavy atom. The summed E-state index contributed by atoms with van der Waals surface area (Å²) in [5.74, 6) is 0.563. The van der Waals surface area contributed by atoms with Crippen molar-refractivity contribution in [3.63, 3.8) is 0 Å². The Hall–Kier alpha value is -0.863. The summed E-state index contributed by atoms with van der Waals surface area (Å²) < 4.78 is 5.91. The molecule has 86 valence electrons. The summed E-state index contributed by atoms with van der Waals surface area (Å²) in [6.07, 6.45) is 5.64. The molecule has 1 atom stereocenters. The maximum absolute atomic E-state index is 5.91. The van der Waals surface area contributed by atoms with Crippen LogP contribution in [-0.2, 0) is 4.43 Å². The highest BCUT2D eigenvalue weighted by atomic mass is 28.4. The van der Waals surface area contributed by atoms with E-state index in [1.54, 1.807) is 0 Å². The molecule has 16 heavy (non-hydrogen) atoms. The Bertz CT molecular complexity index is 390. The molecule has 0 saturated heterocycles. The van der Waals surface area contributed by atoms with Gasteiger partial charge in [0.05, 0.1) is 0 Å². The molecule has 2 rings (SSSR count). The molecule has 0 heterocycles. The molecule has 1 aromatic rings. The largest absolute Gasteiger partial charge is 0.418 e. The zero-order valence-electron chi connectivity index (χ0n) is 10.4. The number of hydrogen-bond donors (Lipinski definition) is 0. The van der Waals surface area contributed by atoms with Crippen LogP contribution in [0.25, 0.3) is 6.08 Å². The maximum Gasteiger partial charge on any atom is 0.183 e. The van der Waals surface area contributed by atoms with Crippen LogP contribution in [0.15, 0.2) is 30.3 Å². The lowest BCUT2D eigenvalue weighted by atomic mass is 9.98. The van der Waals surface area contributed by atoms with Gasteiger partial charge in [-0.3, -0.25) is 0 Å². The van der Waals surface area contributed by atoms with Crippen LogP contribution in [0, 0.1) is 0 Å². The SMILES string of the molecule is C[Si](C)(C)OCCC1C=Cc2ccccc21. The fourth-order valence-corrected chi connectivity index (χ4v) is 2.80. The summed E-state index contributed by atoms with van der Waals surface area (Å²) in [4.78, 5) is 0. The molecule has 1 unspecified atom stereocenters. The molecule has 0 aromatic heterocycles. The van der Waals surface area contributed by atoms with E-state index in [9.17, 15) is 0 Å². The first-order valence-corrected chi connectivity index (χ1v) is 9.38. The lowest BCUT2D eigenvalue weighted by Crippen LogP contribution is -2.26. The monoisotopic (exact) mass is 232 g/mol. The van der Waals surface area contributed by atoms with Crippen molar-refractivity contribution >= 4 is 14.4 Å². The van der Waals surface area contributed by atoms with E-state index in [1.807, 2.05) is 0 Å². The van der Waals surface area contributed by atoms with Gasteiger partial charge in [0, 0.05) is 12.5 Å². The predicted octanol–water partition coefficient (Wildman–Crippen LogP) is 4.04. The molecule has 0 amide bonds. The molecule has 0 spiro atoms. The van der Waals surface area contributed by atoms with E-state index in [1.165, 1.54) is 11.1 Å². The average molecular weight is 232 g/mol. The van der Waals surface area contributed by atoms with Gasteiger partial charge in [0.1, 0.15) is 0 Å². The first kappa shape index (κ1) is 11.6. The minimum atomic E-state index is -1.34. The summed E-state index contributed by atoms with van der Waals surface area (Å²) in [7, 11) is -1.34. The molecule has 1 aliphatic rings. The molecule has 1 nitrogen and oxygen atoms in total. The summed E-state index contributed by atoms with van der Waals surface area (Å²) >= 11 is 0. The number of rotatable bonds is 4. The van der Waals surface area contributed by atoms with E-state index < -0.39 is 8.32 Å². The first-order valence-electron chi connectivity index (χ1n) is 5.97. The molecule has 0 fully saturated rings. The molecule has 1 aliphatic carbocycles. The highest BCUT2D eigenvalue weighted by Gasteiger charge is 2.18. The number of benzene rings is 1. The lowest BCUT2D eigenvalue weighted by molar-refractivity contribution is 0.299. The van der Waals surface area contributed by atoms with Gasteiger partial charge in [-0.25, -0.2) is 0 Å². The van der Waals surface area contributed by atoms with Gasteiger partial charge in [-0.2, -0.15) is 0 Å².